The fraction of sp³-hybridized carbons (Fsp3) is 0.182. The molecule has 28 heavy (non-hydrogen) atoms. The fourth-order valence-electron chi connectivity index (χ4n) is 3.45. The van der Waals surface area contributed by atoms with Crippen LogP contribution in [0.25, 0.3) is 16.7 Å². The van der Waals surface area contributed by atoms with E-state index in [1.54, 1.807) is 4.90 Å². The molecule has 1 amide bonds. The number of rotatable bonds is 5. The van der Waals surface area contributed by atoms with Crippen LogP contribution >= 0.6 is 11.6 Å². The van der Waals surface area contributed by atoms with Crippen molar-refractivity contribution in [3.05, 3.63) is 83.4 Å². The smallest absolute Gasteiger partial charge is 0.254 e. The van der Waals surface area contributed by atoms with Gasteiger partial charge in [0.2, 0.25) is 5.28 Å². The standard InChI is InChI=1S/C22H21ClN4O/c1-3-26-20-12-11-16(14-19(20)24-22(26)23)21(28)25(2)15-18-10-7-13-27(18)17-8-5-4-6-9-17/h4-14H,3,15H2,1-2H3. The molecular formula is C22H21ClN4O. The summed E-state index contributed by atoms with van der Waals surface area (Å²) in [6.45, 7) is 3.25. The largest absolute Gasteiger partial charge is 0.336 e. The van der Waals surface area contributed by atoms with Crippen LogP contribution in [0, 0.1) is 0 Å². The Balaban J connectivity index is 1.58. The van der Waals surface area contributed by atoms with E-state index in [1.807, 2.05) is 85.4 Å². The van der Waals surface area contributed by atoms with Crippen LogP contribution in [-0.2, 0) is 13.1 Å². The summed E-state index contributed by atoms with van der Waals surface area (Å²) in [5, 5.41) is 0.441. The third-order valence-electron chi connectivity index (χ3n) is 4.88. The summed E-state index contributed by atoms with van der Waals surface area (Å²) in [5.74, 6) is -0.0510. The minimum Gasteiger partial charge on any atom is -0.336 e. The van der Waals surface area contributed by atoms with Crippen LogP contribution in [0.3, 0.4) is 0 Å². The van der Waals surface area contributed by atoms with Crippen LogP contribution in [0.5, 0.6) is 0 Å². The number of benzene rings is 2. The summed E-state index contributed by atoms with van der Waals surface area (Å²) in [7, 11) is 1.81. The van der Waals surface area contributed by atoms with Crippen LogP contribution in [0.2, 0.25) is 5.28 Å². The number of hydrogen-bond acceptors (Lipinski definition) is 2. The molecule has 0 aliphatic carbocycles. The SMILES string of the molecule is CCn1c(Cl)nc2cc(C(=O)N(C)Cc3cccn3-c3ccccc3)ccc21. The summed E-state index contributed by atoms with van der Waals surface area (Å²) < 4.78 is 4.01. The molecule has 2 heterocycles. The number of para-hydroxylation sites is 1. The first kappa shape index (κ1) is 18.3. The minimum absolute atomic E-state index is 0.0510. The van der Waals surface area contributed by atoms with Gasteiger partial charge in [-0.25, -0.2) is 4.98 Å². The van der Waals surface area contributed by atoms with Crippen molar-refractivity contribution in [1.29, 1.82) is 0 Å². The molecule has 0 saturated carbocycles. The average molecular weight is 393 g/mol. The quantitative estimate of drug-likeness (QED) is 0.491. The van der Waals surface area contributed by atoms with Crippen LogP contribution in [-0.4, -0.2) is 32.0 Å². The Bertz CT molecular complexity index is 1130. The van der Waals surface area contributed by atoms with Crippen LogP contribution in [0.4, 0.5) is 0 Å². The van der Waals surface area contributed by atoms with Gasteiger partial charge in [-0.1, -0.05) is 18.2 Å². The monoisotopic (exact) mass is 392 g/mol. The number of carbonyl (C=O) groups excluding carboxylic acids is 1. The topological polar surface area (TPSA) is 43.1 Å². The fourth-order valence-corrected chi connectivity index (χ4v) is 3.76. The van der Waals surface area contributed by atoms with Crippen molar-refractivity contribution in [2.24, 2.45) is 0 Å². The second kappa shape index (κ2) is 7.52. The number of imidazole rings is 1. The van der Waals surface area contributed by atoms with Crippen LogP contribution < -0.4 is 0 Å². The number of halogens is 1. The Labute approximate surface area is 168 Å². The molecule has 2 aromatic heterocycles. The lowest BCUT2D eigenvalue weighted by Gasteiger charge is -2.19. The number of aromatic nitrogens is 3. The number of fused-ring (bicyclic) bond motifs is 1. The maximum absolute atomic E-state index is 13.0. The highest BCUT2D eigenvalue weighted by atomic mass is 35.5. The van der Waals surface area contributed by atoms with Gasteiger partial charge in [-0.3, -0.25) is 4.79 Å². The molecule has 0 N–H and O–H groups in total. The summed E-state index contributed by atoms with van der Waals surface area (Å²) >= 11 is 6.19. The molecule has 4 aromatic rings. The highest BCUT2D eigenvalue weighted by Crippen LogP contribution is 2.22. The highest BCUT2D eigenvalue weighted by molar-refractivity contribution is 6.29. The summed E-state index contributed by atoms with van der Waals surface area (Å²) in [5.41, 5.74) is 4.39. The third-order valence-corrected chi connectivity index (χ3v) is 5.17. The van der Waals surface area contributed by atoms with E-state index in [9.17, 15) is 4.79 Å². The summed E-state index contributed by atoms with van der Waals surface area (Å²) in [6.07, 6.45) is 2.01. The van der Waals surface area contributed by atoms with Crippen molar-refractivity contribution in [2.45, 2.75) is 20.0 Å². The van der Waals surface area contributed by atoms with Gasteiger partial charge in [0.25, 0.3) is 5.91 Å². The van der Waals surface area contributed by atoms with E-state index in [2.05, 4.69) is 9.55 Å². The molecule has 5 nitrogen and oxygen atoms in total. The van der Waals surface area contributed by atoms with E-state index < -0.39 is 0 Å². The van der Waals surface area contributed by atoms with E-state index in [1.165, 1.54) is 0 Å². The molecule has 0 radical (unpaired) electrons. The van der Waals surface area contributed by atoms with Crippen molar-refractivity contribution in [1.82, 2.24) is 19.0 Å². The molecule has 0 saturated heterocycles. The van der Waals surface area contributed by atoms with Gasteiger partial charge < -0.3 is 14.0 Å². The number of carbonyl (C=O) groups is 1. The Morgan fingerprint density at radius 2 is 1.89 bits per heavy atom. The van der Waals surface area contributed by atoms with E-state index >= 15 is 0 Å². The first-order valence-corrected chi connectivity index (χ1v) is 9.59. The minimum atomic E-state index is -0.0510. The van der Waals surface area contributed by atoms with E-state index in [4.69, 9.17) is 11.6 Å². The van der Waals surface area contributed by atoms with Crippen molar-refractivity contribution >= 4 is 28.5 Å². The first-order valence-electron chi connectivity index (χ1n) is 9.21. The average Bonchev–Trinajstić information content (AvgIpc) is 3.30. The lowest BCUT2D eigenvalue weighted by Crippen LogP contribution is -2.27. The van der Waals surface area contributed by atoms with E-state index in [-0.39, 0.29) is 5.91 Å². The van der Waals surface area contributed by atoms with Crippen molar-refractivity contribution in [3.8, 4) is 5.69 Å². The van der Waals surface area contributed by atoms with Gasteiger partial charge in [-0.2, -0.15) is 0 Å². The zero-order valence-corrected chi connectivity index (χ0v) is 16.6. The normalized spacial score (nSPS) is 11.1. The molecular weight excluding hydrogens is 372 g/mol. The van der Waals surface area contributed by atoms with Gasteiger partial charge in [-0.15, -0.1) is 0 Å². The Morgan fingerprint density at radius 3 is 2.64 bits per heavy atom. The lowest BCUT2D eigenvalue weighted by atomic mass is 10.1. The molecule has 0 spiro atoms. The molecule has 0 bridgehead atoms. The Hall–Kier alpha value is -3.05. The maximum Gasteiger partial charge on any atom is 0.254 e. The zero-order chi connectivity index (χ0) is 19.7. The zero-order valence-electron chi connectivity index (χ0n) is 15.8. The predicted molar refractivity (Wildman–Crippen MR) is 112 cm³/mol. The number of nitrogens with zero attached hydrogens (tertiary/aromatic N) is 4. The van der Waals surface area contributed by atoms with Gasteiger partial charge in [0, 0.05) is 36.7 Å². The molecule has 0 atom stereocenters. The van der Waals surface area contributed by atoms with Crippen LogP contribution in [0.15, 0.2) is 66.9 Å². The molecule has 0 aliphatic rings. The third kappa shape index (κ3) is 3.29. The molecule has 0 aliphatic heterocycles. The summed E-state index contributed by atoms with van der Waals surface area (Å²) in [6, 6.07) is 19.7. The second-order valence-corrected chi connectivity index (χ2v) is 7.03. The molecule has 0 unspecified atom stereocenters. The molecule has 6 heteroatoms. The van der Waals surface area contributed by atoms with Gasteiger partial charge in [0.05, 0.1) is 17.6 Å². The van der Waals surface area contributed by atoms with E-state index in [0.29, 0.717) is 17.4 Å². The first-order chi connectivity index (χ1) is 13.6. The van der Waals surface area contributed by atoms with Gasteiger partial charge in [-0.05, 0) is 61.0 Å². The van der Waals surface area contributed by atoms with Crippen molar-refractivity contribution in [3.63, 3.8) is 0 Å². The van der Waals surface area contributed by atoms with Gasteiger partial charge in [0.1, 0.15) is 0 Å². The lowest BCUT2D eigenvalue weighted by molar-refractivity contribution is 0.0783. The van der Waals surface area contributed by atoms with E-state index in [0.717, 1.165) is 29.0 Å². The molecule has 142 valence electrons. The van der Waals surface area contributed by atoms with Crippen LogP contribution in [0.1, 0.15) is 23.0 Å². The maximum atomic E-state index is 13.0. The Kier molecular flexibility index (Phi) is 4.92. The second-order valence-electron chi connectivity index (χ2n) is 6.69. The predicted octanol–water partition coefficient (Wildman–Crippen LogP) is 4.77. The highest BCUT2D eigenvalue weighted by Gasteiger charge is 2.16. The van der Waals surface area contributed by atoms with Crippen molar-refractivity contribution in [2.75, 3.05) is 7.05 Å². The number of aryl methyl sites for hydroxylation is 1. The molecule has 2 aromatic carbocycles. The van der Waals surface area contributed by atoms with Crippen molar-refractivity contribution < 1.29 is 4.79 Å². The molecule has 0 fully saturated rings. The molecule has 4 rings (SSSR count). The van der Waals surface area contributed by atoms with Gasteiger partial charge >= 0.3 is 0 Å². The van der Waals surface area contributed by atoms with Gasteiger partial charge in [0.15, 0.2) is 0 Å². The Morgan fingerprint density at radius 1 is 1.11 bits per heavy atom. The number of hydrogen-bond donors (Lipinski definition) is 0. The number of amides is 1. The summed E-state index contributed by atoms with van der Waals surface area (Å²) in [4.78, 5) is 19.1.